The number of hydrogen-bond donors (Lipinski definition) is 1. The van der Waals surface area contributed by atoms with Crippen LogP contribution in [0.1, 0.15) is 32.6 Å². The number of pyridine rings is 1. The fraction of sp³-hybridized carbons (Fsp3) is 0.571. The summed E-state index contributed by atoms with van der Waals surface area (Å²) in [7, 11) is 0. The van der Waals surface area contributed by atoms with Crippen LogP contribution in [0.4, 0.5) is 23.2 Å². The third-order valence-corrected chi connectivity index (χ3v) is 3.55. The fourth-order valence-corrected chi connectivity index (χ4v) is 2.58. The van der Waals surface area contributed by atoms with Crippen LogP contribution in [0, 0.1) is 23.5 Å². The van der Waals surface area contributed by atoms with Crippen molar-refractivity contribution in [3.63, 3.8) is 0 Å². The monoisotopic (exact) mass is 319 g/mol. The molecule has 1 aromatic rings. The molecule has 8 heteroatoms. The molecule has 0 aromatic carbocycles. The Labute approximate surface area is 125 Å². The number of carbonyl (C=O) groups excluding carboxylic acids is 1. The third-order valence-electron chi connectivity index (χ3n) is 3.55. The van der Waals surface area contributed by atoms with E-state index in [1.54, 1.807) is 0 Å². The summed E-state index contributed by atoms with van der Waals surface area (Å²) in [4.78, 5) is 15.3. The number of carbonyl (C=O) groups is 1. The van der Waals surface area contributed by atoms with Crippen molar-refractivity contribution in [2.45, 2.75) is 38.6 Å². The lowest BCUT2D eigenvalue weighted by atomic mass is 10.0. The summed E-state index contributed by atoms with van der Waals surface area (Å²) in [6, 6.07) is -0.314. The van der Waals surface area contributed by atoms with Gasteiger partial charge < -0.3 is 10.2 Å². The van der Waals surface area contributed by atoms with Gasteiger partial charge in [0.25, 0.3) is 11.9 Å². The highest BCUT2D eigenvalue weighted by atomic mass is 19.2. The highest BCUT2D eigenvalue weighted by molar-refractivity contribution is 5.76. The number of nitrogens with one attached hydrogen (secondary N) is 1. The molecule has 2 heterocycles. The average molecular weight is 319 g/mol. The molecule has 1 N–H and O–H groups in total. The van der Waals surface area contributed by atoms with Gasteiger partial charge in [-0.05, 0) is 19.3 Å². The van der Waals surface area contributed by atoms with Gasteiger partial charge in [0.1, 0.15) is 5.69 Å². The normalized spacial score (nSPS) is 18.4. The average Bonchev–Trinajstić information content (AvgIpc) is 2.46. The number of rotatable bonds is 4. The van der Waals surface area contributed by atoms with Gasteiger partial charge in [-0.25, -0.2) is 0 Å². The first-order chi connectivity index (χ1) is 10.4. The third kappa shape index (κ3) is 3.48. The standard InChI is InChI=1S/C14H17F4N3O/c1-2-4-9(22)19-8-5-3-6-21(7-8)12-10(15)13(17)20-14(18)11(12)16/h8H,2-7H2,1H3,(H,19,22). The Balaban J connectivity index is 2.18. The molecule has 1 aromatic heterocycles. The Morgan fingerprint density at radius 3 is 2.50 bits per heavy atom. The van der Waals surface area contributed by atoms with Crippen molar-refractivity contribution >= 4 is 11.6 Å². The number of piperidine rings is 1. The first-order valence-electron chi connectivity index (χ1n) is 7.18. The summed E-state index contributed by atoms with van der Waals surface area (Å²) >= 11 is 0. The molecule has 0 spiro atoms. The zero-order chi connectivity index (χ0) is 16.3. The summed E-state index contributed by atoms with van der Waals surface area (Å²) < 4.78 is 53.9. The summed E-state index contributed by atoms with van der Waals surface area (Å²) in [5, 5.41) is 2.76. The van der Waals surface area contributed by atoms with Crippen molar-refractivity contribution in [3.8, 4) is 0 Å². The number of halogens is 4. The highest BCUT2D eigenvalue weighted by Gasteiger charge is 2.29. The molecule has 0 saturated carbocycles. The van der Waals surface area contributed by atoms with E-state index in [0.717, 1.165) is 0 Å². The second-order valence-corrected chi connectivity index (χ2v) is 5.27. The van der Waals surface area contributed by atoms with Crippen LogP contribution in [0.2, 0.25) is 0 Å². The highest BCUT2D eigenvalue weighted by Crippen LogP contribution is 2.28. The molecule has 0 radical (unpaired) electrons. The van der Waals surface area contributed by atoms with Crippen molar-refractivity contribution < 1.29 is 22.4 Å². The van der Waals surface area contributed by atoms with Gasteiger partial charge in [-0.3, -0.25) is 4.79 Å². The molecule has 1 fully saturated rings. The maximum atomic E-state index is 13.8. The van der Waals surface area contributed by atoms with E-state index >= 15 is 0 Å². The first kappa shape index (κ1) is 16.5. The largest absolute Gasteiger partial charge is 0.364 e. The maximum Gasteiger partial charge on any atom is 0.253 e. The Morgan fingerprint density at radius 2 is 1.91 bits per heavy atom. The van der Waals surface area contributed by atoms with Crippen LogP contribution in [0.15, 0.2) is 0 Å². The van der Waals surface area contributed by atoms with Crippen molar-refractivity contribution in [3.05, 3.63) is 23.5 Å². The second-order valence-electron chi connectivity index (χ2n) is 5.27. The van der Waals surface area contributed by atoms with E-state index < -0.39 is 29.2 Å². The topological polar surface area (TPSA) is 45.2 Å². The van der Waals surface area contributed by atoms with Crippen LogP contribution in [0.25, 0.3) is 0 Å². The van der Waals surface area contributed by atoms with E-state index in [4.69, 9.17) is 0 Å². The van der Waals surface area contributed by atoms with Gasteiger partial charge in [-0.1, -0.05) is 6.92 Å². The Morgan fingerprint density at radius 1 is 1.27 bits per heavy atom. The van der Waals surface area contributed by atoms with E-state index in [9.17, 15) is 22.4 Å². The van der Waals surface area contributed by atoms with Gasteiger partial charge in [0.15, 0.2) is 0 Å². The second kappa shape index (κ2) is 6.93. The zero-order valence-electron chi connectivity index (χ0n) is 12.1. The van der Waals surface area contributed by atoms with Crippen molar-refractivity contribution in [2.75, 3.05) is 18.0 Å². The molecule has 1 amide bonds. The molecule has 4 nitrogen and oxygen atoms in total. The van der Waals surface area contributed by atoms with Gasteiger partial charge in [-0.15, -0.1) is 0 Å². The van der Waals surface area contributed by atoms with Crippen molar-refractivity contribution in [2.24, 2.45) is 0 Å². The number of nitrogens with zero attached hydrogens (tertiary/aromatic N) is 2. The van der Waals surface area contributed by atoms with Crippen LogP contribution in [-0.4, -0.2) is 30.0 Å². The number of amides is 1. The van der Waals surface area contributed by atoms with E-state index in [0.29, 0.717) is 25.7 Å². The number of aromatic nitrogens is 1. The molecule has 1 atom stereocenters. The van der Waals surface area contributed by atoms with Crippen molar-refractivity contribution in [1.82, 2.24) is 10.3 Å². The van der Waals surface area contributed by atoms with Crippen molar-refractivity contribution in [1.29, 1.82) is 0 Å². The smallest absolute Gasteiger partial charge is 0.253 e. The van der Waals surface area contributed by atoms with Crippen LogP contribution >= 0.6 is 0 Å². The SMILES string of the molecule is CCCC(=O)NC1CCCN(c2c(F)c(F)nc(F)c2F)C1. The molecule has 0 aliphatic carbocycles. The fourth-order valence-electron chi connectivity index (χ4n) is 2.58. The number of anilines is 1. The molecular weight excluding hydrogens is 302 g/mol. The first-order valence-corrected chi connectivity index (χ1v) is 7.18. The minimum absolute atomic E-state index is 0.0895. The molecule has 1 saturated heterocycles. The van der Waals surface area contributed by atoms with Gasteiger partial charge in [0.05, 0.1) is 0 Å². The minimum atomic E-state index is -1.67. The Hall–Kier alpha value is -1.86. The Kier molecular flexibility index (Phi) is 5.20. The molecule has 1 aliphatic heterocycles. The van der Waals surface area contributed by atoms with E-state index in [-0.39, 0.29) is 25.0 Å². The molecule has 1 unspecified atom stereocenters. The molecule has 22 heavy (non-hydrogen) atoms. The molecule has 1 aliphatic rings. The molecular formula is C14H17F4N3O. The summed E-state index contributed by atoms with van der Waals surface area (Å²) in [6.45, 7) is 2.20. The zero-order valence-corrected chi connectivity index (χ0v) is 12.1. The minimum Gasteiger partial charge on any atom is -0.364 e. The van der Waals surface area contributed by atoms with E-state index in [1.807, 2.05) is 6.92 Å². The van der Waals surface area contributed by atoms with Gasteiger partial charge in [-0.2, -0.15) is 22.5 Å². The molecule has 2 rings (SSSR count). The van der Waals surface area contributed by atoms with E-state index in [2.05, 4.69) is 10.3 Å². The number of hydrogen-bond acceptors (Lipinski definition) is 3. The van der Waals surface area contributed by atoms with Crippen LogP contribution in [0.5, 0.6) is 0 Å². The van der Waals surface area contributed by atoms with Gasteiger partial charge in [0, 0.05) is 25.6 Å². The van der Waals surface area contributed by atoms with E-state index in [1.165, 1.54) is 4.90 Å². The summed E-state index contributed by atoms with van der Waals surface area (Å²) in [6.07, 6.45) is 2.23. The summed E-state index contributed by atoms with van der Waals surface area (Å²) in [5.41, 5.74) is -0.764. The predicted molar refractivity (Wildman–Crippen MR) is 72.4 cm³/mol. The van der Waals surface area contributed by atoms with Gasteiger partial charge in [0.2, 0.25) is 17.5 Å². The predicted octanol–water partition coefficient (Wildman–Crippen LogP) is 2.52. The Bertz CT molecular complexity index is 541. The maximum absolute atomic E-state index is 13.8. The molecule has 0 bridgehead atoms. The molecule has 122 valence electrons. The quantitative estimate of drug-likeness (QED) is 0.685. The lowest BCUT2D eigenvalue weighted by molar-refractivity contribution is -0.121. The van der Waals surface area contributed by atoms with Crippen LogP contribution in [0.3, 0.4) is 0 Å². The lowest BCUT2D eigenvalue weighted by Gasteiger charge is -2.35. The van der Waals surface area contributed by atoms with Crippen LogP contribution in [-0.2, 0) is 4.79 Å². The van der Waals surface area contributed by atoms with Crippen LogP contribution < -0.4 is 10.2 Å². The summed E-state index contributed by atoms with van der Waals surface area (Å²) in [5.74, 6) is -6.53. The lowest BCUT2D eigenvalue weighted by Crippen LogP contribution is -2.48. The van der Waals surface area contributed by atoms with Gasteiger partial charge >= 0.3 is 0 Å².